The van der Waals surface area contributed by atoms with Crippen LogP contribution in [0.3, 0.4) is 0 Å². The van der Waals surface area contributed by atoms with Gasteiger partial charge in [-0.15, -0.1) is 0 Å². The van der Waals surface area contributed by atoms with E-state index in [1.54, 1.807) is 31.2 Å². The second-order valence-corrected chi connectivity index (χ2v) is 4.16. The van der Waals surface area contributed by atoms with Crippen LogP contribution in [-0.4, -0.2) is 24.9 Å². The predicted molar refractivity (Wildman–Crippen MR) is 76.4 cm³/mol. The van der Waals surface area contributed by atoms with Crippen LogP contribution in [0.2, 0.25) is 0 Å². The fourth-order valence-corrected chi connectivity index (χ4v) is 1.69. The van der Waals surface area contributed by atoms with Crippen molar-refractivity contribution in [1.82, 2.24) is 5.32 Å². The highest BCUT2D eigenvalue weighted by atomic mass is 16.7. The van der Waals surface area contributed by atoms with Crippen molar-refractivity contribution >= 4 is 24.0 Å². The molecule has 21 heavy (non-hydrogen) atoms. The molecule has 7 heteroatoms. The van der Waals surface area contributed by atoms with Gasteiger partial charge < -0.3 is 20.5 Å². The first-order chi connectivity index (χ1) is 10.1. The molecular weight excluding hydrogens is 274 g/mol. The number of hydrogen-bond donors (Lipinski definition) is 2. The van der Waals surface area contributed by atoms with Crippen LogP contribution in [-0.2, 0) is 14.3 Å². The first kappa shape index (κ1) is 14.6. The third-order valence-electron chi connectivity index (χ3n) is 2.68. The van der Waals surface area contributed by atoms with Gasteiger partial charge in [0.15, 0.2) is 0 Å². The molecule has 1 aromatic carbocycles. The second-order valence-electron chi connectivity index (χ2n) is 4.16. The predicted octanol–water partition coefficient (Wildman–Crippen LogP) is 1.52. The number of esters is 1. The molecule has 0 saturated carbocycles. The minimum Gasteiger partial charge on any atom is -0.434 e. The quantitative estimate of drug-likeness (QED) is 0.497. The third kappa shape index (κ3) is 3.82. The Bertz CT molecular complexity index is 593. The Morgan fingerprint density at radius 2 is 2.05 bits per heavy atom. The van der Waals surface area contributed by atoms with Gasteiger partial charge >= 0.3 is 12.1 Å². The summed E-state index contributed by atoms with van der Waals surface area (Å²) in [6.07, 6.45) is 1.42. The van der Waals surface area contributed by atoms with Crippen LogP contribution in [0.15, 0.2) is 41.0 Å². The third-order valence-corrected chi connectivity index (χ3v) is 2.68. The van der Waals surface area contributed by atoms with Crippen LogP contribution in [0.1, 0.15) is 18.7 Å². The number of nitrogens with one attached hydrogen (secondary N) is 1. The fraction of sp³-hybridized carbons (Fsp3) is 0.214. The minimum absolute atomic E-state index is 0.125. The molecule has 0 amide bonds. The van der Waals surface area contributed by atoms with Crippen molar-refractivity contribution in [2.75, 3.05) is 12.3 Å². The summed E-state index contributed by atoms with van der Waals surface area (Å²) < 4.78 is 9.06. The SMILES string of the molecule is CCOC(=O)OC(=O)C1=CC=NC(c2ccc(N)cc2)N1. The van der Waals surface area contributed by atoms with Crippen molar-refractivity contribution in [2.24, 2.45) is 4.99 Å². The van der Waals surface area contributed by atoms with Crippen molar-refractivity contribution in [3.8, 4) is 0 Å². The standard InChI is InChI=1S/C14H15N3O4/c1-2-20-14(19)21-13(18)11-7-8-16-12(17-11)9-3-5-10(15)6-4-9/h3-8,12,17H,2,15H2,1H3. The van der Waals surface area contributed by atoms with Crippen LogP contribution in [0.5, 0.6) is 0 Å². The lowest BCUT2D eigenvalue weighted by molar-refractivity contribution is -0.135. The van der Waals surface area contributed by atoms with Gasteiger partial charge in [0.25, 0.3) is 0 Å². The smallest absolute Gasteiger partial charge is 0.434 e. The number of carbonyl (C=O) groups is 2. The first-order valence-electron chi connectivity index (χ1n) is 6.34. The zero-order valence-corrected chi connectivity index (χ0v) is 11.4. The monoisotopic (exact) mass is 289 g/mol. The van der Waals surface area contributed by atoms with Crippen molar-refractivity contribution in [1.29, 1.82) is 0 Å². The number of hydrogen-bond acceptors (Lipinski definition) is 7. The zero-order chi connectivity index (χ0) is 15.2. The average Bonchev–Trinajstić information content (AvgIpc) is 2.48. The highest BCUT2D eigenvalue weighted by Gasteiger charge is 2.21. The molecule has 0 fully saturated rings. The molecule has 1 heterocycles. The van der Waals surface area contributed by atoms with E-state index in [1.807, 2.05) is 0 Å². The van der Waals surface area contributed by atoms with Gasteiger partial charge in [-0.05, 0) is 30.7 Å². The molecule has 3 N–H and O–H groups in total. The van der Waals surface area contributed by atoms with E-state index in [2.05, 4.69) is 19.8 Å². The molecule has 1 aliphatic rings. The molecule has 1 aromatic rings. The van der Waals surface area contributed by atoms with Crippen LogP contribution in [0.4, 0.5) is 10.5 Å². The molecule has 1 aliphatic heterocycles. The van der Waals surface area contributed by atoms with E-state index in [9.17, 15) is 9.59 Å². The Morgan fingerprint density at radius 3 is 2.71 bits per heavy atom. The maximum Gasteiger partial charge on any atom is 0.516 e. The van der Waals surface area contributed by atoms with Crippen molar-refractivity contribution in [3.63, 3.8) is 0 Å². The van der Waals surface area contributed by atoms with Crippen LogP contribution in [0.25, 0.3) is 0 Å². The molecule has 2 rings (SSSR count). The van der Waals surface area contributed by atoms with E-state index in [1.165, 1.54) is 12.3 Å². The number of carbonyl (C=O) groups excluding carboxylic acids is 2. The summed E-state index contributed by atoms with van der Waals surface area (Å²) in [7, 11) is 0. The Hall–Kier alpha value is -2.83. The number of benzene rings is 1. The topological polar surface area (TPSA) is 103 Å². The minimum atomic E-state index is -1.03. The van der Waals surface area contributed by atoms with Gasteiger partial charge in [0.05, 0.1) is 6.61 Å². The number of rotatable bonds is 3. The lowest BCUT2D eigenvalue weighted by Crippen LogP contribution is -2.29. The lowest BCUT2D eigenvalue weighted by Gasteiger charge is -2.20. The average molecular weight is 289 g/mol. The zero-order valence-electron chi connectivity index (χ0n) is 11.4. The molecule has 0 saturated heterocycles. The molecule has 1 atom stereocenters. The summed E-state index contributed by atoms with van der Waals surface area (Å²) in [4.78, 5) is 27.1. The number of nitrogens with zero attached hydrogens (tertiary/aromatic N) is 1. The first-order valence-corrected chi connectivity index (χ1v) is 6.34. The maximum absolute atomic E-state index is 11.8. The fourth-order valence-electron chi connectivity index (χ4n) is 1.69. The lowest BCUT2D eigenvalue weighted by atomic mass is 10.1. The Morgan fingerprint density at radius 1 is 1.33 bits per heavy atom. The molecule has 0 spiro atoms. The Labute approximate surface area is 121 Å². The largest absolute Gasteiger partial charge is 0.516 e. The second kappa shape index (κ2) is 6.56. The van der Waals surface area contributed by atoms with E-state index in [0.29, 0.717) is 5.69 Å². The van der Waals surface area contributed by atoms with Gasteiger partial charge in [0, 0.05) is 11.9 Å². The van der Waals surface area contributed by atoms with Crippen molar-refractivity contribution in [3.05, 3.63) is 41.6 Å². The summed E-state index contributed by atoms with van der Waals surface area (Å²) in [5.41, 5.74) is 7.21. The van der Waals surface area contributed by atoms with Crippen molar-refractivity contribution in [2.45, 2.75) is 13.1 Å². The summed E-state index contributed by atoms with van der Waals surface area (Å²) in [6, 6.07) is 7.07. The van der Waals surface area contributed by atoms with Crippen LogP contribution >= 0.6 is 0 Å². The number of aliphatic imine (C=N–C) groups is 1. The van der Waals surface area contributed by atoms with Gasteiger partial charge in [-0.3, -0.25) is 4.99 Å². The van der Waals surface area contributed by atoms with Gasteiger partial charge in [0.2, 0.25) is 0 Å². The summed E-state index contributed by atoms with van der Waals surface area (Å²) in [6.45, 7) is 1.75. The highest BCUT2D eigenvalue weighted by molar-refractivity contribution is 5.98. The molecule has 0 aliphatic carbocycles. The molecule has 0 aromatic heterocycles. The molecular formula is C14H15N3O4. The maximum atomic E-state index is 11.8. The highest BCUT2D eigenvalue weighted by Crippen LogP contribution is 2.19. The summed E-state index contributed by atoms with van der Waals surface area (Å²) >= 11 is 0. The van der Waals surface area contributed by atoms with Crippen LogP contribution in [0, 0.1) is 0 Å². The molecule has 0 bridgehead atoms. The number of allylic oxidation sites excluding steroid dienone is 1. The van der Waals surface area contributed by atoms with Crippen LogP contribution < -0.4 is 11.1 Å². The van der Waals surface area contributed by atoms with E-state index in [0.717, 1.165) is 5.56 Å². The Kier molecular flexibility index (Phi) is 4.55. The number of nitrogen functional groups attached to an aromatic ring is 1. The summed E-state index contributed by atoms with van der Waals surface area (Å²) in [5.74, 6) is -0.819. The summed E-state index contributed by atoms with van der Waals surface area (Å²) in [5, 5.41) is 2.88. The molecule has 0 radical (unpaired) electrons. The van der Waals surface area contributed by atoms with Gasteiger partial charge in [0.1, 0.15) is 11.9 Å². The number of ether oxygens (including phenoxy) is 2. The molecule has 7 nitrogen and oxygen atoms in total. The molecule has 110 valence electrons. The van der Waals surface area contributed by atoms with E-state index in [-0.39, 0.29) is 12.3 Å². The van der Waals surface area contributed by atoms with E-state index < -0.39 is 18.3 Å². The van der Waals surface area contributed by atoms with Gasteiger partial charge in [-0.1, -0.05) is 12.1 Å². The van der Waals surface area contributed by atoms with Gasteiger partial charge in [-0.25, -0.2) is 9.59 Å². The number of anilines is 1. The van der Waals surface area contributed by atoms with Gasteiger partial charge in [-0.2, -0.15) is 0 Å². The number of nitrogens with two attached hydrogens (primary N) is 1. The Balaban J connectivity index is 2.02. The van der Waals surface area contributed by atoms with E-state index in [4.69, 9.17) is 5.73 Å². The van der Waals surface area contributed by atoms with E-state index >= 15 is 0 Å². The molecule has 1 unspecified atom stereocenters. The van der Waals surface area contributed by atoms with Crippen molar-refractivity contribution < 1.29 is 19.1 Å². The normalized spacial score (nSPS) is 16.6.